The number of halogens is 3. The Labute approximate surface area is 135 Å². The molecule has 0 unspecified atom stereocenters. The van der Waals surface area contributed by atoms with Crippen molar-refractivity contribution in [2.45, 2.75) is 0 Å². The van der Waals surface area contributed by atoms with Crippen molar-refractivity contribution in [3.05, 3.63) is 55.0 Å². The number of benzene rings is 2. The molecule has 0 atom stereocenters. The van der Waals surface area contributed by atoms with Crippen molar-refractivity contribution in [1.82, 2.24) is 9.55 Å². The molecule has 0 aliphatic rings. The number of hydrogen-bond donors (Lipinski definition) is 1. The van der Waals surface area contributed by atoms with E-state index in [4.69, 9.17) is 12.2 Å². The van der Waals surface area contributed by atoms with Gasteiger partial charge in [-0.1, -0.05) is 15.9 Å². The van der Waals surface area contributed by atoms with Crippen LogP contribution in [0.5, 0.6) is 0 Å². The smallest absolute Gasteiger partial charge is 0.182 e. The number of rotatable bonds is 1. The molecule has 0 amide bonds. The molecule has 19 heavy (non-hydrogen) atoms. The Morgan fingerprint density at radius 1 is 1.21 bits per heavy atom. The van der Waals surface area contributed by atoms with E-state index in [9.17, 15) is 4.39 Å². The molecular weight excluding hydrogens is 442 g/mol. The van der Waals surface area contributed by atoms with Gasteiger partial charge in [0.1, 0.15) is 5.82 Å². The summed E-state index contributed by atoms with van der Waals surface area (Å²) in [6.07, 6.45) is 0. The first-order valence-corrected chi connectivity index (χ1v) is 7.70. The average molecular weight is 449 g/mol. The number of nitrogens with zero attached hydrogens (tertiary/aromatic N) is 1. The van der Waals surface area contributed by atoms with E-state index in [-0.39, 0.29) is 5.82 Å². The molecule has 0 saturated carbocycles. The highest BCUT2D eigenvalue weighted by Gasteiger charge is 2.11. The number of imidazole rings is 1. The first kappa shape index (κ1) is 13.3. The Hall–Kier alpha value is -0.730. The number of aromatic amines is 1. The summed E-state index contributed by atoms with van der Waals surface area (Å²) < 4.78 is 18.1. The van der Waals surface area contributed by atoms with E-state index >= 15 is 0 Å². The average Bonchev–Trinajstić information content (AvgIpc) is 2.65. The summed E-state index contributed by atoms with van der Waals surface area (Å²) in [5, 5.41) is 0. The van der Waals surface area contributed by atoms with Crippen LogP contribution in [0.2, 0.25) is 0 Å². The lowest BCUT2D eigenvalue weighted by Crippen LogP contribution is -1.97. The number of fused-ring (bicyclic) bond motifs is 1. The van der Waals surface area contributed by atoms with Gasteiger partial charge in [-0.3, -0.25) is 4.57 Å². The van der Waals surface area contributed by atoms with Gasteiger partial charge in [0.05, 0.1) is 16.7 Å². The van der Waals surface area contributed by atoms with E-state index in [1.54, 1.807) is 16.7 Å². The maximum absolute atomic E-state index is 14.1. The zero-order valence-corrected chi connectivity index (χ0v) is 14.0. The van der Waals surface area contributed by atoms with E-state index in [1.165, 1.54) is 6.07 Å². The second-order valence-corrected chi connectivity index (χ2v) is 6.57. The van der Waals surface area contributed by atoms with Crippen LogP contribution < -0.4 is 0 Å². The highest BCUT2D eigenvalue weighted by Crippen LogP contribution is 2.25. The molecule has 0 fully saturated rings. The SMILES string of the molecule is Fc1cc(Br)ccc1-n1c(=S)[nH]c2cc(I)ccc21. The maximum Gasteiger partial charge on any atom is 0.182 e. The minimum Gasteiger partial charge on any atom is -0.330 e. The molecule has 0 saturated heterocycles. The summed E-state index contributed by atoms with van der Waals surface area (Å²) in [6, 6.07) is 10.8. The van der Waals surface area contributed by atoms with Crippen molar-refractivity contribution in [2.75, 3.05) is 0 Å². The first-order valence-electron chi connectivity index (χ1n) is 5.42. The molecule has 3 rings (SSSR count). The molecule has 6 heteroatoms. The summed E-state index contributed by atoms with van der Waals surface area (Å²) in [4.78, 5) is 3.10. The predicted molar refractivity (Wildman–Crippen MR) is 88.8 cm³/mol. The topological polar surface area (TPSA) is 20.7 Å². The van der Waals surface area contributed by atoms with E-state index in [2.05, 4.69) is 43.5 Å². The van der Waals surface area contributed by atoms with Crippen molar-refractivity contribution in [1.29, 1.82) is 0 Å². The lowest BCUT2D eigenvalue weighted by Gasteiger charge is -2.06. The minimum absolute atomic E-state index is 0.315. The normalized spacial score (nSPS) is 11.1. The van der Waals surface area contributed by atoms with Crippen LogP contribution in [0.1, 0.15) is 0 Å². The van der Waals surface area contributed by atoms with E-state index in [0.717, 1.165) is 14.6 Å². The van der Waals surface area contributed by atoms with Crippen molar-refractivity contribution >= 4 is 61.8 Å². The van der Waals surface area contributed by atoms with Crippen LogP contribution >= 0.6 is 50.7 Å². The summed E-state index contributed by atoms with van der Waals surface area (Å²) >= 11 is 10.8. The third kappa shape index (κ3) is 2.36. The van der Waals surface area contributed by atoms with Crippen LogP contribution in [-0.4, -0.2) is 9.55 Å². The van der Waals surface area contributed by atoms with Crippen LogP contribution in [0, 0.1) is 14.2 Å². The Morgan fingerprint density at radius 3 is 2.74 bits per heavy atom. The molecular formula is C13H7BrFIN2S. The zero-order valence-electron chi connectivity index (χ0n) is 9.45. The molecule has 96 valence electrons. The van der Waals surface area contributed by atoms with Gasteiger partial charge < -0.3 is 4.98 Å². The molecule has 0 radical (unpaired) electrons. The van der Waals surface area contributed by atoms with Crippen LogP contribution in [-0.2, 0) is 0 Å². The summed E-state index contributed by atoms with van der Waals surface area (Å²) in [5.74, 6) is -0.315. The predicted octanol–water partition coefficient (Wildman–Crippen LogP) is 5.19. The van der Waals surface area contributed by atoms with Gasteiger partial charge in [-0.05, 0) is 71.2 Å². The summed E-state index contributed by atoms with van der Waals surface area (Å²) in [5.41, 5.74) is 2.21. The lowest BCUT2D eigenvalue weighted by atomic mass is 10.2. The highest BCUT2D eigenvalue weighted by atomic mass is 127. The first-order chi connectivity index (χ1) is 9.06. The zero-order chi connectivity index (χ0) is 13.6. The molecule has 0 aliphatic carbocycles. The van der Waals surface area contributed by atoms with Gasteiger partial charge in [-0.2, -0.15) is 0 Å². The van der Waals surface area contributed by atoms with Gasteiger partial charge in [0.25, 0.3) is 0 Å². The number of hydrogen-bond acceptors (Lipinski definition) is 1. The van der Waals surface area contributed by atoms with Crippen LogP contribution in [0.4, 0.5) is 4.39 Å². The molecule has 2 aromatic carbocycles. The fraction of sp³-hybridized carbons (Fsp3) is 0. The molecule has 0 aliphatic heterocycles. The third-order valence-electron chi connectivity index (χ3n) is 2.79. The van der Waals surface area contributed by atoms with Crippen LogP contribution in [0.3, 0.4) is 0 Å². The van der Waals surface area contributed by atoms with Gasteiger partial charge in [0, 0.05) is 8.04 Å². The maximum atomic E-state index is 14.1. The second kappa shape index (κ2) is 4.99. The van der Waals surface area contributed by atoms with Gasteiger partial charge in [-0.15, -0.1) is 0 Å². The number of aromatic nitrogens is 2. The Morgan fingerprint density at radius 2 is 2.00 bits per heavy atom. The van der Waals surface area contributed by atoms with Gasteiger partial charge in [0.2, 0.25) is 0 Å². The fourth-order valence-corrected chi connectivity index (χ4v) is 3.12. The Bertz CT molecular complexity index is 840. The molecule has 2 nitrogen and oxygen atoms in total. The van der Waals surface area contributed by atoms with Crippen molar-refractivity contribution in [3.8, 4) is 5.69 Å². The van der Waals surface area contributed by atoms with Crippen LogP contribution in [0.15, 0.2) is 40.9 Å². The Balaban J connectivity index is 2.36. The lowest BCUT2D eigenvalue weighted by molar-refractivity contribution is 0.618. The molecule has 0 bridgehead atoms. The molecule has 3 aromatic rings. The Kier molecular flexibility index (Phi) is 3.48. The molecule has 1 aromatic heterocycles. The van der Waals surface area contributed by atoms with Gasteiger partial charge in [-0.25, -0.2) is 4.39 Å². The summed E-state index contributed by atoms with van der Waals surface area (Å²) in [7, 11) is 0. The van der Waals surface area contributed by atoms with E-state index < -0.39 is 0 Å². The van der Waals surface area contributed by atoms with Gasteiger partial charge >= 0.3 is 0 Å². The largest absolute Gasteiger partial charge is 0.330 e. The van der Waals surface area contributed by atoms with E-state index in [0.29, 0.717) is 14.9 Å². The van der Waals surface area contributed by atoms with Gasteiger partial charge in [0.15, 0.2) is 4.77 Å². The minimum atomic E-state index is -0.315. The highest BCUT2D eigenvalue weighted by molar-refractivity contribution is 14.1. The van der Waals surface area contributed by atoms with Crippen molar-refractivity contribution < 1.29 is 4.39 Å². The second-order valence-electron chi connectivity index (χ2n) is 4.02. The summed E-state index contributed by atoms with van der Waals surface area (Å²) in [6.45, 7) is 0. The molecule has 1 N–H and O–H groups in total. The number of H-pyrrole nitrogens is 1. The van der Waals surface area contributed by atoms with Crippen LogP contribution in [0.25, 0.3) is 16.7 Å². The third-order valence-corrected chi connectivity index (χ3v) is 4.24. The van der Waals surface area contributed by atoms with E-state index in [1.807, 2.05) is 18.2 Å². The van der Waals surface area contributed by atoms with Crippen molar-refractivity contribution in [3.63, 3.8) is 0 Å². The monoisotopic (exact) mass is 448 g/mol. The quantitative estimate of drug-likeness (QED) is 0.401. The fourth-order valence-electron chi connectivity index (χ4n) is 1.99. The number of nitrogens with one attached hydrogen (secondary N) is 1. The van der Waals surface area contributed by atoms with Crippen molar-refractivity contribution in [2.24, 2.45) is 0 Å². The molecule has 1 heterocycles. The molecule has 0 spiro atoms. The standard InChI is InChI=1S/C13H7BrFIN2S/c14-7-1-3-11(9(15)5-7)18-12-4-2-8(16)6-10(12)17-13(18)19/h1-6H,(H,17,19).